The molecule has 0 saturated heterocycles. The number of aliphatic hydroxyl groups is 1. The third kappa shape index (κ3) is 5.35. The Labute approximate surface area is 158 Å². The first-order valence-electron chi connectivity index (χ1n) is 9.13. The maximum Gasteiger partial charge on any atom is 0.245 e. The number of Topliss-reactive ketones (excluding diaryl/α,β-unsaturated/α-hetero) is 1. The van der Waals surface area contributed by atoms with Gasteiger partial charge in [-0.3, -0.25) is 14.4 Å². The molecule has 27 heavy (non-hydrogen) atoms. The molecular weight excluding hydrogens is 348 g/mol. The number of aliphatic hydroxyl groups excluding tert-OH is 1. The molecule has 0 aliphatic carbocycles. The van der Waals surface area contributed by atoms with Gasteiger partial charge in [0.25, 0.3) is 0 Å². The van der Waals surface area contributed by atoms with Crippen LogP contribution in [0.15, 0.2) is 24.3 Å². The topological polar surface area (TPSA) is 134 Å². The highest BCUT2D eigenvalue weighted by atomic mass is 16.3. The van der Waals surface area contributed by atoms with Crippen LogP contribution in [0.2, 0.25) is 0 Å². The second-order valence-corrected chi connectivity index (χ2v) is 6.86. The van der Waals surface area contributed by atoms with Gasteiger partial charge in [0.1, 0.15) is 6.04 Å². The smallest absolute Gasteiger partial charge is 0.245 e. The van der Waals surface area contributed by atoms with E-state index in [-0.39, 0.29) is 18.2 Å². The number of benzene rings is 1. The number of nitrogens with one attached hydrogen (secondary N) is 3. The van der Waals surface area contributed by atoms with Gasteiger partial charge in [-0.2, -0.15) is 0 Å². The van der Waals surface area contributed by atoms with Crippen molar-refractivity contribution in [2.24, 2.45) is 5.73 Å². The highest BCUT2D eigenvalue weighted by Crippen LogP contribution is 2.24. The average molecular weight is 376 g/mol. The number of amides is 2. The molecule has 8 nitrogen and oxygen atoms in total. The maximum atomic E-state index is 12.8. The van der Waals surface area contributed by atoms with Gasteiger partial charge in [-0.25, -0.2) is 0 Å². The van der Waals surface area contributed by atoms with E-state index in [1.807, 2.05) is 24.3 Å². The van der Waals surface area contributed by atoms with Crippen LogP contribution >= 0.6 is 0 Å². The lowest BCUT2D eigenvalue weighted by Gasteiger charge is -2.29. The van der Waals surface area contributed by atoms with Gasteiger partial charge in [0.2, 0.25) is 11.8 Å². The van der Waals surface area contributed by atoms with Crippen LogP contribution in [-0.4, -0.2) is 54.0 Å². The van der Waals surface area contributed by atoms with Gasteiger partial charge in [-0.1, -0.05) is 24.3 Å². The van der Waals surface area contributed by atoms with E-state index in [1.165, 1.54) is 13.8 Å². The van der Waals surface area contributed by atoms with Crippen LogP contribution in [0.3, 0.4) is 0 Å². The Bertz CT molecular complexity index is 692. The number of carbonyl (C=O) groups excluding carboxylic acids is 3. The second kappa shape index (κ2) is 9.59. The van der Waals surface area contributed by atoms with Gasteiger partial charge in [-0.15, -0.1) is 0 Å². The Morgan fingerprint density at radius 1 is 1.30 bits per heavy atom. The zero-order chi connectivity index (χ0) is 20.0. The van der Waals surface area contributed by atoms with Crippen LogP contribution < -0.4 is 21.7 Å². The summed E-state index contributed by atoms with van der Waals surface area (Å²) in [6.45, 7) is 4.14. The van der Waals surface area contributed by atoms with Crippen LogP contribution in [-0.2, 0) is 20.9 Å². The summed E-state index contributed by atoms with van der Waals surface area (Å²) in [5.41, 5.74) is 7.41. The summed E-state index contributed by atoms with van der Waals surface area (Å²) >= 11 is 0. The van der Waals surface area contributed by atoms with E-state index in [0.29, 0.717) is 19.5 Å². The monoisotopic (exact) mass is 376 g/mol. The van der Waals surface area contributed by atoms with E-state index >= 15 is 0 Å². The predicted molar refractivity (Wildman–Crippen MR) is 101 cm³/mol. The number of hydrogen-bond donors (Lipinski definition) is 5. The standard InChI is InChI=1S/C19H28N4O4/c1-11(24)16(7-8-20)22-19(27)17(12(2)25)23-18(26)15-10-21-9-13-5-3-4-6-14(13)15/h3-6,12,15-17,21,25H,7-10,20H2,1-2H3,(H,22,27)(H,23,26)/t12-,15?,16-,17-/m0/s1. The van der Waals surface area contributed by atoms with Crippen LogP contribution in [0.1, 0.15) is 37.3 Å². The molecule has 0 fully saturated rings. The molecule has 0 saturated carbocycles. The van der Waals surface area contributed by atoms with E-state index in [9.17, 15) is 19.5 Å². The molecule has 0 spiro atoms. The summed E-state index contributed by atoms with van der Waals surface area (Å²) in [5, 5.41) is 18.4. The normalized spacial score (nSPS) is 19.3. The third-order valence-corrected chi connectivity index (χ3v) is 4.74. The highest BCUT2D eigenvalue weighted by molar-refractivity contribution is 5.94. The van der Waals surface area contributed by atoms with Crippen molar-refractivity contribution in [2.75, 3.05) is 13.1 Å². The number of nitrogens with two attached hydrogens (primary N) is 1. The Morgan fingerprint density at radius 2 is 2.00 bits per heavy atom. The summed E-state index contributed by atoms with van der Waals surface area (Å²) in [7, 11) is 0. The van der Waals surface area contributed by atoms with Crippen molar-refractivity contribution < 1.29 is 19.5 Å². The minimum Gasteiger partial charge on any atom is -0.391 e. The van der Waals surface area contributed by atoms with Crippen molar-refractivity contribution in [3.63, 3.8) is 0 Å². The minimum atomic E-state index is -1.16. The average Bonchev–Trinajstić information content (AvgIpc) is 2.64. The molecule has 1 aliphatic rings. The fraction of sp³-hybridized carbons (Fsp3) is 0.526. The second-order valence-electron chi connectivity index (χ2n) is 6.86. The van der Waals surface area contributed by atoms with E-state index in [0.717, 1.165) is 11.1 Å². The van der Waals surface area contributed by atoms with E-state index < -0.39 is 30.0 Å². The van der Waals surface area contributed by atoms with Gasteiger partial charge in [-0.05, 0) is 37.9 Å². The largest absolute Gasteiger partial charge is 0.391 e. The Hall–Kier alpha value is -2.29. The Kier molecular flexibility index (Phi) is 7.46. The molecule has 0 bridgehead atoms. The maximum absolute atomic E-state index is 12.8. The first-order chi connectivity index (χ1) is 12.8. The molecule has 1 unspecified atom stereocenters. The molecular formula is C19H28N4O4. The molecule has 0 aromatic heterocycles. The molecule has 148 valence electrons. The fourth-order valence-corrected chi connectivity index (χ4v) is 3.19. The first kappa shape index (κ1) is 21.0. The lowest BCUT2D eigenvalue weighted by molar-refractivity contribution is -0.134. The van der Waals surface area contributed by atoms with Gasteiger partial charge in [0.05, 0.1) is 18.1 Å². The van der Waals surface area contributed by atoms with E-state index in [1.54, 1.807) is 0 Å². The predicted octanol–water partition coefficient (Wildman–Crippen LogP) is -0.838. The number of ketones is 1. The van der Waals surface area contributed by atoms with Crippen molar-refractivity contribution in [1.82, 2.24) is 16.0 Å². The van der Waals surface area contributed by atoms with Crippen LogP contribution in [0.4, 0.5) is 0 Å². The molecule has 2 amide bonds. The van der Waals surface area contributed by atoms with Crippen molar-refractivity contribution in [3.05, 3.63) is 35.4 Å². The molecule has 1 aromatic carbocycles. The van der Waals surface area contributed by atoms with E-state index in [2.05, 4.69) is 16.0 Å². The zero-order valence-corrected chi connectivity index (χ0v) is 15.7. The van der Waals surface area contributed by atoms with Gasteiger partial charge >= 0.3 is 0 Å². The highest BCUT2D eigenvalue weighted by Gasteiger charge is 2.32. The third-order valence-electron chi connectivity index (χ3n) is 4.74. The summed E-state index contributed by atoms with van der Waals surface area (Å²) in [6, 6.07) is 5.72. The van der Waals surface area contributed by atoms with Gasteiger partial charge in [0.15, 0.2) is 5.78 Å². The van der Waals surface area contributed by atoms with Gasteiger partial charge < -0.3 is 26.8 Å². The number of carbonyl (C=O) groups is 3. The van der Waals surface area contributed by atoms with Crippen molar-refractivity contribution in [2.45, 2.75) is 50.9 Å². The summed E-state index contributed by atoms with van der Waals surface area (Å²) in [5.74, 6) is -1.65. The van der Waals surface area contributed by atoms with Crippen molar-refractivity contribution in [1.29, 1.82) is 0 Å². The van der Waals surface area contributed by atoms with Crippen LogP contribution in [0, 0.1) is 0 Å². The van der Waals surface area contributed by atoms with Crippen LogP contribution in [0.25, 0.3) is 0 Å². The molecule has 1 aliphatic heterocycles. The summed E-state index contributed by atoms with van der Waals surface area (Å²) in [6.07, 6.45) is -0.826. The summed E-state index contributed by atoms with van der Waals surface area (Å²) < 4.78 is 0. The number of fused-ring (bicyclic) bond motifs is 1. The Balaban J connectivity index is 2.11. The Morgan fingerprint density at radius 3 is 2.63 bits per heavy atom. The van der Waals surface area contributed by atoms with Gasteiger partial charge in [0, 0.05) is 13.1 Å². The fourth-order valence-electron chi connectivity index (χ4n) is 3.19. The molecule has 4 atom stereocenters. The minimum absolute atomic E-state index is 0.227. The molecule has 0 radical (unpaired) electrons. The molecule has 1 heterocycles. The van der Waals surface area contributed by atoms with Crippen molar-refractivity contribution in [3.8, 4) is 0 Å². The number of hydrogen-bond acceptors (Lipinski definition) is 6. The molecule has 1 aromatic rings. The quantitative estimate of drug-likeness (QED) is 0.402. The summed E-state index contributed by atoms with van der Waals surface area (Å²) in [4.78, 5) is 37.0. The SMILES string of the molecule is CC(=O)[C@H](CCN)NC(=O)[C@@H](NC(=O)C1CNCc2ccccc21)[C@H](C)O. The van der Waals surface area contributed by atoms with Crippen LogP contribution in [0.5, 0.6) is 0 Å². The zero-order valence-electron chi connectivity index (χ0n) is 15.7. The molecule has 2 rings (SSSR count). The molecule has 6 N–H and O–H groups in total. The van der Waals surface area contributed by atoms with Crippen molar-refractivity contribution >= 4 is 17.6 Å². The van der Waals surface area contributed by atoms with E-state index in [4.69, 9.17) is 5.73 Å². The first-order valence-corrected chi connectivity index (χ1v) is 9.13. The number of rotatable bonds is 8. The lowest BCUT2D eigenvalue weighted by Crippen LogP contribution is -2.57. The lowest BCUT2D eigenvalue weighted by atomic mass is 9.90. The molecule has 8 heteroatoms.